The fraction of sp³-hybridized carbons (Fsp3) is 0.300. The Morgan fingerprint density at radius 3 is 2.62 bits per heavy atom. The predicted molar refractivity (Wildman–Crippen MR) is 58.0 cm³/mol. The van der Waals surface area contributed by atoms with E-state index in [9.17, 15) is 20.0 Å². The van der Waals surface area contributed by atoms with Gasteiger partial charge in [0.15, 0.2) is 0 Å². The molecular weight excluding hydrogens is 212 g/mol. The maximum Gasteiger partial charge on any atom is 0.269 e. The van der Waals surface area contributed by atoms with Crippen LogP contribution in [0.5, 0.6) is 0 Å². The van der Waals surface area contributed by atoms with Crippen molar-refractivity contribution in [3.05, 3.63) is 33.9 Å². The standard InChI is InChI=1S/C10H12N2O4/c1-6(13)9-5-8(12(15)16)3-4-10(9)11-7(2)14/h3-6,13H,1-2H3,(H,11,14). The molecule has 1 atom stereocenters. The molecule has 1 amide bonds. The van der Waals surface area contributed by atoms with Crippen molar-refractivity contribution in [2.24, 2.45) is 0 Å². The number of nitro groups is 1. The summed E-state index contributed by atoms with van der Waals surface area (Å²) in [5.41, 5.74) is 0.586. The fourth-order valence-electron chi connectivity index (χ4n) is 1.31. The summed E-state index contributed by atoms with van der Waals surface area (Å²) in [4.78, 5) is 20.9. The molecule has 2 N–H and O–H groups in total. The SMILES string of the molecule is CC(=O)Nc1ccc([N+](=O)[O-])cc1C(C)O. The zero-order chi connectivity index (χ0) is 12.3. The third-order valence-electron chi connectivity index (χ3n) is 2.01. The minimum atomic E-state index is -0.887. The lowest BCUT2D eigenvalue weighted by atomic mass is 10.1. The molecule has 0 aromatic heterocycles. The Morgan fingerprint density at radius 2 is 2.19 bits per heavy atom. The number of carbonyl (C=O) groups is 1. The van der Waals surface area contributed by atoms with Crippen LogP contribution in [0.25, 0.3) is 0 Å². The number of amides is 1. The predicted octanol–water partition coefficient (Wildman–Crippen LogP) is 1.61. The third-order valence-corrected chi connectivity index (χ3v) is 2.01. The summed E-state index contributed by atoms with van der Waals surface area (Å²) < 4.78 is 0. The monoisotopic (exact) mass is 224 g/mol. The molecule has 6 heteroatoms. The van der Waals surface area contributed by atoms with E-state index in [1.165, 1.54) is 32.0 Å². The Bertz CT molecular complexity index is 429. The van der Waals surface area contributed by atoms with Gasteiger partial charge in [0.1, 0.15) is 0 Å². The second-order valence-electron chi connectivity index (χ2n) is 3.39. The van der Waals surface area contributed by atoms with Crippen LogP contribution in [0.1, 0.15) is 25.5 Å². The van der Waals surface area contributed by atoms with E-state index in [1.807, 2.05) is 0 Å². The highest BCUT2D eigenvalue weighted by atomic mass is 16.6. The number of aliphatic hydroxyl groups is 1. The maximum atomic E-state index is 10.9. The van der Waals surface area contributed by atoms with E-state index < -0.39 is 11.0 Å². The van der Waals surface area contributed by atoms with Gasteiger partial charge in [-0.05, 0) is 13.0 Å². The molecule has 1 rings (SSSR count). The first kappa shape index (κ1) is 12.1. The topological polar surface area (TPSA) is 92.5 Å². The number of anilines is 1. The molecule has 0 saturated carbocycles. The number of rotatable bonds is 3. The number of benzene rings is 1. The van der Waals surface area contributed by atoms with Crippen LogP contribution < -0.4 is 5.32 Å². The number of non-ortho nitro benzene ring substituents is 1. The van der Waals surface area contributed by atoms with Crippen molar-refractivity contribution in [1.82, 2.24) is 0 Å². The van der Waals surface area contributed by atoms with Gasteiger partial charge in [0.25, 0.3) is 5.69 Å². The zero-order valence-electron chi connectivity index (χ0n) is 8.93. The zero-order valence-corrected chi connectivity index (χ0v) is 8.93. The first-order chi connectivity index (χ1) is 7.41. The minimum absolute atomic E-state index is 0.120. The van der Waals surface area contributed by atoms with Crippen molar-refractivity contribution in [3.63, 3.8) is 0 Å². The molecule has 0 fully saturated rings. The van der Waals surface area contributed by atoms with Gasteiger partial charge in [0.05, 0.1) is 11.0 Å². The van der Waals surface area contributed by atoms with Crippen LogP contribution in [0.15, 0.2) is 18.2 Å². The Kier molecular flexibility index (Phi) is 3.57. The summed E-state index contributed by atoms with van der Waals surface area (Å²) in [6, 6.07) is 3.93. The van der Waals surface area contributed by atoms with E-state index in [-0.39, 0.29) is 11.6 Å². The van der Waals surface area contributed by atoms with Gasteiger partial charge in [-0.3, -0.25) is 14.9 Å². The summed E-state index contributed by atoms with van der Waals surface area (Å²) in [6.45, 7) is 2.80. The minimum Gasteiger partial charge on any atom is -0.389 e. The third kappa shape index (κ3) is 2.77. The normalized spacial score (nSPS) is 11.9. The summed E-state index contributed by atoms with van der Waals surface area (Å²) >= 11 is 0. The Labute approximate surface area is 92.0 Å². The van der Waals surface area contributed by atoms with Crippen molar-refractivity contribution in [1.29, 1.82) is 0 Å². The highest BCUT2D eigenvalue weighted by Gasteiger charge is 2.14. The van der Waals surface area contributed by atoms with Crippen molar-refractivity contribution in [2.75, 3.05) is 5.32 Å². The molecule has 0 heterocycles. The van der Waals surface area contributed by atoms with E-state index in [0.717, 1.165) is 0 Å². The Hall–Kier alpha value is -1.95. The lowest BCUT2D eigenvalue weighted by molar-refractivity contribution is -0.385. The van der Waals surface area contributed by atoms with Crippen LogP contribution in [-0.2, 0) is 4.79 Å². The summed E-state index contributed by atoms with van der Waals surface area (Å²) in [6.07, 6.45) is -0.887. The summed E-state index contributed by atoms with van der Waals surface area (Å²) in [5.74, 6) is -0.296. The molecule has 0 radical (unpaired) electrons. The van der Waals surface area contributed by atoms with Crippen molar-refractivity contribution in [2.45, 2.75) is 20.0 Å². The second-order valence-corrected chi connectivity index (χ2v) is 3.39. The van der Waals surface area contributed by atoms with E-state index >= 15 is 0 Å². The largest absolute Gasteiger partial charge is 0.389 e. The van der Waals surface area contributed by atoms with Crippen LogP contribution in [0, 0.1) is 10.1 Å². The van der Waals surface area contributed by atoms with Gasteiger partial charge >= 0.3 is 0 Å². The second kappa shape index (κ2) is 4.71. The summed E-state index contributed by atoms with van der Waals surface area (Å²) in [5, 5.41) is 22.5. The molecule has 0 spiro atoms. The van der Waals surface area contributed by atoms with E-state index in [0.29, 0.717) is 11.3 Å². The number of carbonyl (C=O) groups excluding carboxylic acids is 1. The Balaban J connectivity index is 3.19. The molecule has 0 aliphatic heterocycles. The number of nitro benzene ring substituents is 1. The van der Waals surface area contributed by atoms with Crippen LogP contribution in [-0.4, -0.2) is 15.9 Å². The smallest absolute Gasteiger partial charge is 0.269 e. The van der Waals surface area contributed by atoms with Gasteiger partial charge in [0.2, 0.25) is 5.91 Å². The van der Waals surface area contributed by atoms with Crippen LogP contribution >= 0.6 is 0 Å². The van der Waals surface area contributed by atoms with Crippen LogP contribution in [0.2, 0.25) is 0 Å². The molecule has 0 bridgehead atoms. The van der Waals surface area contributed by atoms with Crippen LogP contribution in [0.4, 0.5) is 11.4 Å². The molecule has 6 nitrogen and oxygen atoms in total. The molecule has 86 valence electrons. The lowest BCUT2D eigenvalue weighted by Gasteiger charge is -2.11. The van der Waals surface area contributed by atoms with E-state index in [1.54, 1.807) is 0 Å². The van der Waals surface area contributed by atoms with Crippen LogP contribution in [0.3, 0.4) is 0 Å². The first-order valence-corrected chi connectivity index (χ1v) is 4.66. The van der Waals surface area contributed by atoms with E-state index in [4.69, 9.17) is 0 Å². The molecule has 0 aliphatic rings. The average Bonchev–Trinajstić information content (AvgIpc) is 2.16. The van der Waals surface area contributed by atoms with Gasteiger partial charge in [-0.25, -0.2) is 0 Å². The number of nitrogens with one attached hydrogen (secondary N) is 1. The highest BCUT2D eigenvalue weighted by molar-refractivity contribution is 5.89. The molecule has 1 aromatic carbocycles. The first-order valence-electron chi connectivity index (χ1n) is 4.66. The number of aliphatic hydroxyl groups excluding tert-OH is 1. The molecule has 16 heavy (non-hydrogen) atoms. The number of nitrogens with zero attached hydrogens (tertiary/aromatic N) is 1. The average molecular weight is 224 g/mol. The van der Waals surface area contributed by atoms with Gasteiger partial charge < -0.3 is 10.4 Å². The summed E-state index contributed by atoms with van der Waals surface area (Å²) in [7, 11) is 0. The lowest BCUT2D eigenvalue weighted by Crippen LogP contribution is -2.09. The van der Waals surface area contributed by atoms with Crippen molar-refractivity contribution < 1.29 is 14.8 Å². The van der Waals surface area contributed by atoms with Crippen molar-refractivity contribution >= 4 is 17.3 Å². The van der Waals surface area contributed by atoms with Crippen molar-refractivity contribution in [3.8, 4) is 0 Å². The van der Waals surface area contributed by atoms with Gasteiger partial charge in [0, 0.05) is 30.3 Å². The molecular formula is C10H12N2O4. The molecule has 0 saturated heterocycles. The number of hydrogen-bond donors (Lipinski definition) is 2. The number of hydrogen-bond acceptors (Lipinski definition) is 4. The fourth-order valence-corrected chi connectivity index (χ4v) is 1.31. The molecule has 1 unspecified atom stereocenters. The van der Waals surface area contributed by atoms with Gasteiger partial charge in [-0.1, -0.05) is 0 Å². The quantitative estimate of drug-likeness (QED) is 0.602. The van der Waals surface area contributed by atoms with Gasteiger partial charge in [-0.15, -0.1) is 0 Å². The molecule has 0 aliphatic carbocycles. The van der Waals surface area contributed by atoms with Gasteiger partial charge in [-0.2, -0.15) is 0 Å². The highest BCUT2D eigenvalue weighted by Crippen LogP contribution is 2.27. The maximum absolute atomic E-state index is 10.9. The Morgan fingerprint density at radius 1 is 1.56 bits per heavy atom. The van der Waals surface area contributed by atoms with E-state index in [2.05, 4.69) is 5.32 Å². The molecule has 1 aromatic rings.